The lowest BCUT2D eigenvalue weighted by molar-refractivity contribution is -0.131. The van der Waals surface area contributed by atoms with Gasteiger partial charge in [-0.25, -0.2) is 0 Å². The summed E-state index contributed by atoms with van der Waals surface area (Å²) in [5.74, 6) is 0.614. The van der Waals surface area contributed by atoms with Crippen LogP contribution in [0.2, 0.25) is 0 Å². The van der Waals surface area contributed by atoms with Crippen LogP contribution < -0.4 is 5.32 Å². The van der Waals surface area contributed by atoms with Crippen molar-refractivity contribution in [2.45, 2.75) is 25.7 Å². The first-order valence-corrected chi connectivity index (χ1v) is 7.00. The molecule has 0 radical (unpaired) electrons. The maximum absolute atomic E-state index is 12.3. The number of nitrogens with zero attached hydrogens (tertiary/aromatic N) is 1. The average Bonchev–Trinajstić information content (AvgIpc) is 2.83. The highest BCUT2D eigenvalue weighted by molar-refractivity contribution is 5.78. The third-order valence-electron chi connectivity index (χ3n) is 4.15. The molecule has 0 saturated carbocycles. The van der Waals surface area contributed by atoms with Gasteiger partial charge in [-0.15, -0.1) is 0 Å². The Labute approximate surface area is 114 Å². The summed E-state index contributed by atoms with van der Waals surface area (Å²) in [6.45, 7) is 4.68. The molecule has 3 heteroatoms. The Hall–Kier alpha value is -1.77. The monoisotopic (exact) mass is 256 g/mol. The van der Waals surface area contributed by atoms with Crippen molar-refractivity contribution in [3.63, 3.8) is 0 Å². The lowest BCUT2D eigenvalue weighted by Crippen LogP contribution is -2.35. The number of fused-ring (bicyclic) bond motifs is 1. The van der Waals surface area contributed by atoms with Crippen molar-refractivity contribution < 1.29 is 4.79 Å². The van der Waals surface area contributed by atoms with E-state index in [1.807, 2.05) is 11.0 Å². The average molecular weight is 256 g/mol. The van der Waals surface area contributed by atoms with Crippen LogP contribution in [0.5, 0.6) is 0 Å². The number of benzene rings is 1. The number of anilines is 1. The normalized spacial score (nSPS) is 21.6. The zero-order valence-corrected chi connectivity index (χ0v) is 11.4. The predicted octanol–water partition coefficient (Wildman–Crippen LogP) is 2.76. The van der Waals surface area contributed by atoms with E-state index in [1.54, 1.807) is 0 Å². The molecule has 0 spiro atoms. The van der Waals surface area contributed by atoms with Gasteiger partial charge in [0.05, 0.1) is 0 Å². The summed E-state index contributed by atoms with van der Waals surface area (Å²) in [6.07, 6.45) is 3.81. The van der Waals surface area contributed by atoms with E-state index >= 15 is 0 Å². The molecule has 1 aromatic carbocycles. The minimum Gasteiger partial charge on any atom is -0.384 e. The largest absolute Gasteiger partial charge is 0.384 e. The molecule has 1 amide bonds. The lowest BCUT2D eigenvalue weighted by Gasteiger charge is -2.26. The first kappa shape index (κ1) is 12.3. The summed E-state index contributed by atoms with van der Waals surface area (Å²) >= 11 is 0. The van der Waals surface area contributed by atoms with Gasteiger partial charge in [0.2, 0.25) is 5.91 Å². The molecule has 3 nitrogen and oxygen atoms in total. The van der Waals surface area contributed by atoms with Crippen molar-refractivity contribution in [1.29, 1.82) is 0 Å². The molecule has 1 atom stereocenters. The fraction of sp³-hybridized carbons (Fsp3) is 0.438. The van der Waals surface area contributed by atoms with E-state index in [1.165, 1.54) is 16.8 Å². The Morgan fingerprint density at radius 2 is 2.26 bits per heavy atom. The van der Waals surface area contributed by atoms with E-state index in [-0.39, 0.29) is 5.91 Å². The zero-order valence-electron chi connectivity index (χ0n) is 11.4. The van der Waals surface area contributed by atoms with Crippen LogP contribution in [-0.4, -0.2) is 30.4 Å². The van der Waals surface area contributed by atoms with Crippen LogP contribution in [0, 0.1) is 0 Å². The highest BCUT2D eigenvalue weighted by atomic mass is 16.2. The molecular formula is C16H20N2O. The Kier molecular flexibility index (Phi) is 3.28. The standard InChI is InChI=1S/C16H20N2O/c1-12-6-8-18(9-7-12)16(19)10-13-11-17-15-5-3-2-4-14(13)15/h2-6,13,17H,7-11H2,1H3. The molecular weight excluding hydrogens is 236 g/mol. The molecule has 0 fully saturated rings. The number of nitrogens with one attached hydrogen (secondary N) is 1. The molecule has 1 N–H and O–H groups in total. The number of rotatable bonds is 2. The van der Waals surface area contributed by atoms with Gasteiger partial charge in [-0.1, -0.05) is 29.8 Å². The number of carbonyl (C=O) groups excluding carboxylic acids is 1. The van der Waals surface area contributed by atoms with Crippen molar-refractivity contribution in [2.24, 2.45) is 0 Å². The molecule has 2 heterocycles. The second kappa shape index (κ2) is 5.08. The number of hydrogen-bond acceptors (Lipinski definition) is 2. The molecule has 0 bridgehead atoms. The molecule has 19 heavy (non-hydrogen) atoms. The Balaban J connectivity index is 1.65. The SMILES string of the molecule is CC1=CCN(C(=O)CC2CNc3ccccc32)CC1. The first-order chi connectivity index (χ1) is 9.24. The molecule has 100 valence electrons. The summed E-state index contributed by atoms with van der Waals surface area (Å²) in [5.41, 5.74) is 3.88. The number of para-hydroxylation sites is 1. The second-order valence-corrected chi connectivity index (χ2v) is 5.51. The lowest BCUT2D eigenvalue weighted by atomic mass is 9.97. The van der Waals surface area contributed by atoms with Crippen molar-refractivity contribution >= 4 is 11.6 Å². The number of amides is 1. The first-order valence-electron chi connectivity index (χ1n) is 7.00. The van der Waals surface area contributed by atoms with E-state index in [4.69, 9.17) is 0 Å². The minimum absolute atomic E-state index is 0.284. The summed E-state index contributed by atoms with van der Waals surface area (Å²) in [7, 11) is 0. The van der Waals surface area contributed by atoms with Crippen LogP contribution in [0.3, 0.4) is 0 Å². The minimum atomic E-state index is 0.284. The maximum Gasteiger partial charge on any atom is 0.223 e. The van der Waals surface area contributed by atoms with Crippen molar-refractivity contribution in [1.82, 2.24) is 4.90 Å². The smallest absolute Gasteiger partial charge is 0.223 e. The van der Waals surface area contributed by atoms with Crippen molar-refractivity contribution in [3.05, 3.63) is 41.5 Å². The predicted molar refractivity (Wildman–Crippen MR) is 77.2 cm³/mol. The third kappa shape index (κ3) is 2.50. The fourth-order valence-electron chi connectivity index (χ4n) is 2.88. The zero-order chi connectivity index (χ0) is 13.2. The summed E-state index contributed by atoms with van der Waals surface area (Å²) in [6, 6.07) is 8.31. The molecule has 0 saturated heterocycles. The van der Waals surface area contributed by atoms with Gasteiger partial charge in [0.15, 0.2) is 0 Å². The summed E-state index contributed by atoms with van der Waals surface area (Å²) in [4.78, 5) is 14.3. The molecule has 2 aliphatic rings. The van der Waals surface area contributed by atoms with Crippen LogP contribution in [0.25, 0.3) is 0 Å². The maximum atomic E-state index is 12.3. The van der Waals surface area contributed by atoms with Gasteiger partial charge in [-0.2, -0.15) is 0 Å². The van der Waals surface area contributed by atoms with E-state index in [2.05, 4.69) is 36.5 Å². The topological polar surface area (TPSA) is 32.3 Å². The van der Waals surface area contributed by atoms with Gasteiger partial charge in [-0.05, 0) is 25.0 Å². The van der Waals surface area contributed by atoms with Crippen LogP contribution in [0.15, 0.2) is 35.9 Å². The van der Waals surface area contributed by atoms with Crippen molar-refractivity contribution in [2.75, 3.05) is 25.0 Å². The van der Waals surface area contributed by atoms with E-state index < -0.39 is 0 Å². The Morgan fingerprint density at radius 1 is 1.42 bits per heavy atom. The number of hydrogen-bond donors (Lipinski definition) is 1. The van der Waals surface area contributed by atoms with Crippen LogP contribution >= 0.6 is 0 Å². The molecule has 0 aliphatic carbocycles. The van der Waals surface area contributed by atoms with Crippen LogP contribution in [-0.2, 0) is 4.79 Å². The molecule has 1 aromatic rings. The highest BCUT2D eigenvalue weighted by Gasteiger charge is 2.26. The van der Waals surface area contributed by atoms with Gasteiger partial charge < -0.3 is 10.2 Å². The van der Waals surface area contributed by atoms with Crippen molar-refractivity contribution in [3.8, 4) is 0 Å². The molecule has 3 rings (SSSR count). The highest BCUT2D eigenvalue weighted by Crippen LogP contribution is 2.33. The third-order valence-corrected chi connectivity index (χ3v) is 4.15. The van der Waals surface area contributed by atoms with Gasteiger partial charge >= 0.3 is 0 Å². The van der Waals surface area contributed by atoms with Gasteiger partial charge in [0.25, 0.3) is 0 Å². The Morgan fingerprint density at radius 3 is 3.05 bits per heavy atom. The quantitative estimate of drug-likeness (QED) is 0.825. The molecule has 0 aromatic heterocycles. The van der Waals surface area contributed by atoms with Gasteiger partial charge in [0, 0.05) is 37.7 Å². The van der Waals surface area contributed by atoms with Gasteiger partial charge in [0.1, 0.15) is 0 Å². The summed E-state index contributed by atoms with van der Waals surface area (Å²) in [5, 5.41) is 3.38. The van der Waals surface area contributed by atoms with E-state index in [0.29, 0.717) is 12.3 Å². The van der Waals surface area contributed by atoms with E-state index in [0.717, 1.165) is 26.1 Å². The van der Waals surface area contributed by atoms with E-state index in [9.17, 15) is 4.79 Å². The van der Waals surface area contributed by atoms with Gasteiger partial charge in [-0.3, -0.25) is 4.79 Å². The number of carbonyl (C=O) groups is 1. The molecule has 2 aliphatic heterocycles. The van der Waals surface area contributed by atoms with Crippen LogP contribution in [0.1, 0.15) is 31.2 Å². The fourth-order valence-corrected chi connectivity index (χ4v) is 2.88. The van der Waals surface area contributed by atoms with Crippen LogP contribution in [0.4, 0.5) is 5.69 Å². The summed E-state index contributed by atoms with van der Waals surface area (Å²) < 4.78 is 0. The second-order valence-electron chi connectivity index (χ2n) is 5.51. The Bertz CT molecular complexity index is 521. The molecule has 1 unspecified atom stereocenters.